The van der Waals surface area contributed by atoms with E-state index in [4.69, 9.17) is 4.52 Å². The molecule has 0 atom stereocenters. The lowest BCUT2D eigenvalue weighted by Gasteiger charge is -2.12. The summed E-state index contributed by atoms with van der Waals surface area (Å²) < 4.78 is 7.52. The Labute approximate surface area is 165 Å². The third-order valence-electron chi connectivity index (χ3n) is 4.52. The molecule has 7 nitrogen and oxygen atoms in total. The summed E-state index contributed by atoms with van der Waals surface area (Å²) in [6.07, 6.45) is 4.82. The van der Waals surface area contributed by atoms with Gasteiger partial charge >= 0.3 is 0 Å². The van der Waals surface area contributed by atoms with E-state index in [9.17, 15) is 0 Å². The second-order valence-electron chi connectivity index (χ2n) is 6.92. The van der Waals surface area contributed by atoms with Crippen LogP contribution in [-0.4, -0.2) is 27.7 Å². The van der Waals surface area contributed by atoms with Gasteiger partial charge in [-0.15, -0.1) is 0 Å². The Kier molecular flexibility index (Phi) is 6.84. The molecule has 28 heavy (non-hydrogen) atoms. The molecule has 148 valence electrons. The summed E-state index contributed by atoms with van der Waals surface area (Å²) in [4.78, 5) is 8.73. The minimum atomic E-state index is 0.352. The zero-order chi connectivity index (χ0) is 19.8. The van der Waals surface area contributed by atoms with Gasteiger partial charge in [0.15, 0.2) is 11.7 Å². The predicted octanol–water partition coefficient (Wildman–Crippen LogP) is 3.10. The van der Waals surface area contributed by atoms with E-state index in [1.165, 1.54) is 5.56 Å². The van der Waals surface area contributed by atoms with Crippen LogP contribution in [-0.2, 0) is 26.1 Å². The van der Waals surface area contributed by atoms with Crippen LogP contribution in [0.25, 0.3) is 0 Å². The lowest BCUT2D eigenvalue weighted by atomic mass is 10.1. The van der Waals surface area contributed by atoms with Gasteiger partial charge in [-0.25, -0.2) is 4.98 Å². The highest BCUT2D eigenvalue weighted by Crippen LogP contribution is 2.13. The molecule has 3 rings (SSSR count). The van der Waals surface area contributed by atoms with Crippen molar-refractivity contribution >= 4 is 5.96 Å². The van der Waals surface area contributed by atoms with E-state index < -0.39 is 0 Å². The first-order valence-corrected chi connectivity index (χ1v) is 9.59. The Morgan fingerprint density at radius 1 is 1.18 bits per heavy atom. The number of guanidine groups is 1. The van der Waals surface area contributed by atoms with Gasteiger partial charge in [0.05, 0.1) is 18.8 Å². The number of benzene rings is 1. The van der Waals surface area contributed by atoms with Crippen LogP contribution in [0.5, 0.6) is 0 Å². The van der Waals surface area contributed by atoms with Crippen LogP contribution >= 0.6 is 0 Å². The van der Waals surface area contributed by atoms with Crippen molar-refractivity contribution < 1.29 is 4.52 Å². The lowest BCUT2D eigenvalue weighted by Crippen LogP contribution is -2.36. The molecule has 0 bridgehead atoms. The maximum atomic E-state index is 5.35. The minimum Gasteiger partial charge on any atom is -0.359 e. The van der Waals surface area contributed by atoms with E-state index in [2.05, 4.69) is 68.4 Å². The van der Waals surface area contributed by atoms with E-state index in [1.54, 1.807) is 7.05 Å². The highest BCUT2D eigenvalue weighted by atomic mass is 16.5. The Morgan fingerprint density at radius 3 is 2.68 bits per heavy atom. The summed E-state index contributed by atoms with van der Waals surface area (Å²) in [6.45, 7) is 6.20. The average molecular weight is 380 g/mol. The van der Waals surface area contributed by atoms with Crippen molar-refractivity contribution in [3.63, 3.8) is 0 Å². The zero-order valence-electron chi connectivity index (χ0n) is 16.7. The molecule has 0 unspecified atom stereocenters. The van der Waals surface area contributed by atoms with Crippen molar-refractivity contribution in [3.05, 3.63) is 71.6 Å². The molecule has 0 radical (unpaired) electrons. The lowest BCUT2D eigenvalue weighted by molar-refractivity contribution is 0.372. The third kappa shape index (κ3) is 5.45. The number of nitrogens with zero attached hydrogens (tertiary/aromatic N) is 4. The van der Waals surface area contributed by atoms with Crippen LogP contribution in [0, 0.1) is 0 Å². The van der Waals surface area contributed by atoms with Crippen molar-refractivity contribution in [3.8, 4) is 0 Å². The molecule has 0 aliphatic carbocycles. The molecule has 7 heteroatoms. The first-order valence-electron chi connectivity index (χ1n) is 9.59. The van der Waals surface area contributed by atoms with Gasteiger partial charge in [0.2, 0.25) is 0 Å². The number of nitrogens with one attached hydrogen (secondary N) is 2. The monoisotopic (exact) mass is 380 g/mol. The van der Waals surface area contributed by atoms with Crippen LogP contribution in [0.1, 0.15) is 42.6 Å². The number of imidazole rings is 1. The Bertz CT molecular complexity index is 881. The highest BCUT2D eigenvalue weighted by Gasteiger charge is 2.09. The number of aryl methyl sites for hydroxylation is 2. The molecule has 0 aliphatic rings. The zero-order valence-corrected chi connectivity index (χ0v) is 16.7. The van der Waals surface area contributed by atoms with Crippen LogP contribution in [0.15, 0.2) is 58.3 Å². The van der Waals surface area contributed by atoms with Gasteiger partial charge in [0.25, 0.3) is 0 Å². The fourth-order valence-electron chi connectivity index (χ4n) is 2.84. The van der Waals surface area contributed by atoms with E-state index >= 15 is 0 Å². The molecule has 0 aliphatic heterocycles. The summed E-state index contributed by atoms with van der Waals surface area (Å²) in [5.41, 5.74) is 2.28. The van der Waals surface area contributed by atoms with E-state index in [0.29, 0.717) is 25.0 Å². The molecule has 0 saturated carbocycles. The van der Waals surface area contributed by atoms with Crippen LogP contribution in [0.2, 0.25) is 0 Å². The second-order valence-corrected chi connectivity index (χ2v) is 6.92. The maximum Gasteiger partial charge on any atom is 0.191 e. The first-order chi connectivity index (χ1) is 13.7. The van der Waals surface area contributed by atoms with Crippen molar-refractivity contribution in [1.29, 1.82) is 0 Å². The number of hydrogen-bond acceptors (Lipinski definition) is 4. The standard InChI is InChI=1S/C21H28N6O/c1-16(2)19-13-18(28-26-19)14-24-21(22-3)25-15-20-23-10-12-27(20)11-9-17-7-5-4-6-8-17/h4-8,10,12-13,16H,9,11,14-15H2,1-3H3,(H2,22,24,25). The Hall–Kier alpha value is -3.09. The van der Waals surface area contributed by atoms with Gasteiger partial charge in [0.1, 0.15) is 5.82 Å². The first kappa shape index (κ1) is 19.7. The summed E-state index contributed by atoms with van der Waals surface area (Å²) in [7, 11) is 1.75. The van der Waals surface area contributed by atoms with Crippen molar-refractivity contribution in [2.24, 2.45) is 4.99 Å². The molecule has 0 amide bonds. The summed E-state index contributed by atoms with van der Waals surface area (Å²) in [5, 5.41) is 10.6. The van der Waals surface area contributed by atoms with Gasteiger partial charge < -0.3 is 19.7 Å². The summed E-state index contributed by atoms with van der Waals surface area (Å²) in [6, 6.07) is 12.4. The van der Waals surface area contributed by atoms with Crippen molar-refractivity contribution in [2.45, 2.75) is 45.8 Å². The molecular formula is C21H28N6O. The largest absolute Gasteiger partial charge is 0.359 e. The molecule has 0 saturated heterocycles. The van der Waals surface area contributed by atoms with Gasteiger partial charge in [-0.3, -0.25) is 4.99 Å². The molecule has 2 aromatic heterocycles. The quantitative estimate of drug-likeness (QED) is 0.464. The predicted molar refractivity (Wildman–Crippen MR) is 110 cm³/mol. The van der Waals surface area contributed by atoms with E-state index in [-0.39, 0.29) is 0 Å². The molecule has 2 N–H and O–H groups in total. The van der Waals surface area contributed by atoms with E-state index in [0.717, 1.165) is 30.2 Å². The molecule has 3 aromatic rings. The average Bonchev–Trinajstić information content (AvgIpc) is 3.37. The normalized spacial score (nSPS) is 11.8. The number of aliphatic imine (C=N–C) groups is 1. The molecule has 0 fully saturated rings. The molecule has 1 aromatic carbocycles. The Morgan fingerprint density at radius 2 is 1.96 bits per heavy atom. The van der Waals surface area contributed by atoms with Gasteiger partial charge in [-0.1, -0.05) is 49.3 Å². The number of rotatable bonds is 8. The number of aromatic nitrogens is 3. The maximum absolute atomic E-state index is 5.35. The topological polar surface area (TPSA) is 80.3 Å². The van der Waals surface area contributed by atoms with Crippen molar-refractivity contribution in [2.75, 3.05) is 7.05 Å². The van der Waals surface area contributed by atoms with Crippen LogP contribution in [0.3, 0.4) is 0 Å². The fourth-order valence-corrected chi connectivity index (χ4v) is 2.84. The van der Waals surface area contributed by atoms with Crippen LogP contribution < -0.4 is 10.6 Å². The second kappa shape index (κ2) is 9.73. The minimum absolute atomic E-state index is 0.352. The van der Waals surface area contributed by atoms with E-state index in [1.807, 2.05) is 24.5 Å². The Balaban J connectivity index is 1.49. The molecule has 0 spiro atoms. The third-order valence-corrected chi connectivity index (χ3v) is 4.52. The molecule has 2 heterocycles. The van der Waals surface area contributed by atoms with Crippen LogP contribution in [0.4, 0.5) is 0 Å². The number of hydrogen-bond donors (Lipinski definition) is 2. The van der Waals surface area contributed by atoms with Gasteiger partial charge in [-0.05, 0) is 17.9 Å². The fraction of sp³-hybridized carbons (Fsp3) is 0.381. The van der Waals surface area contributed by atoms with Gasteiger partial charge in [-0.2, -0.15) is 0 Å². The highest BCUT2D eigenvalue weighted by molar-refractivity contribution is 5.79. The van der Waals surface area contributed by atoms with Gasteiger partial charge in [0, 0.05) is 32.1 Å². The van der Waals surface area contributed by atoms with Crippen molar-refractivity contribution in [1.82, 2.24) is 25.3 Å². The summed E-state index contributed by atoms with van der Waals surface area (Å²) in [5.74, 6) is 2.81. The smallest absolute Gasteiger partial charge is 0.191 e. The summed E-state index contributed by atoms with van der Waals surface area (Å²) >= 11 is 0. The molecular weight excluding hydrogens is 352 g/mol. The SMILES string of the molecule is CN=C(NCc1cc(C(C)C)no1)NCc1nccn1CCc1ccccc1.